The first kappa shape index (κ1) is 16.8. The second-order valence-electron chi connectivity index (χ2n) is 4.42. The van der Waals surface area contributed by atoms with Crippen molar-refractivity contribution in [1.29, 1.82) is 0 Å². The molecule has 2 N–H and O–H groups in total. The van der Waals surface area contributed by atoms with Gasteiger partial charge in [0.05, 0.1) is 0 Å². The van der Waals surface area contributed by atoms with E-state index in [0.717, 1.165) is 25.7 Å². The third-order valence-corrected chi connectivity index (χ3v) is 4.34. The second kappa shape index (κ2) is 8.85. The summed E-state index contributed by atoms with van der Waals surface area (Å²) in [6, 6.07) is -0.0388. The van der Waals surface area contributed by atoms with E-state index in [0.29, 0.717) is 13.0 Å². The Morgan fingerprint density at radius 1 is 1.29 bits per heavy atom. The summed E-state index contributed by atoms with van der Waals surface area (Å²) in [6.07, 6.45) is 4.63. The highest BCUT2D eigenvalue weighted by Crippen LogP contribution is 2.05. The molecule has 0 saturated heterocycles. The maximum absolute atomic E-state index is 11.8. The first-order valence-electron chi connectivity index (χ1n) is 6.28. The Morgan fingerprint density at radius 3 is 2.47 bits per heavy atom. The molecule has 0 heterocycles. The lowest BCUT2D eigenvalue weighted by Crippen LogP contribution is -2.43. The summed E-state index contributed by atoms with van der Waals surface area (Å²) in [6.45, 7) is 4.35. The van der Waals surface area contributed by atoms with Crippen LogP contribution in [-0.4, -0.2) is 44.1 Å². The van der Waals surface area contributed by atoms with Crippen LogP contribution in [0.1, 0.15) is 46.0 Å². The summed E-state index contributed by atoms with van der Waals surface area (Å²) in [5.41, 5.74) is 0. The number of nitrogens with zero attached hydrogens (tertiary/aromatic N) is 1. The van der Waals surface area contributed by atoms with E-state index in [4.69, 9.17) is 5.11 Å². The molecule has 0 aliphatic rings. The molecule has 0 fully saturated rings. The van der Waals surface area contributed by atoms with Crippen molar-refractivity contribution in [2.75, 3.05) is 20.2 Å². The molecule has 0 bridgehead atoms. The summed E-state index contributed by atoms with van der Waals surface area (Å²) in [5.74, 6) is 0. The van der Waals surface area contributed by atoms with Crippen LogP contribution in [0.3, 0.4) is 0 Å². The number of aliphatic hydroxyl groups excluding tert-OH is 1. The molecule has 1 unspecified atom stereocenters. The van der Waals surface area contributed by atoms with Crippen LogP contribution in [0.2, 0.25) is 0 Å². The highest BCUT2D eigenvalue weighted by Gasteiger charge is 2.19. The predicted molar refractivity (Wildman–Crippen MR) is 70.0 cm³/mol. The van der Waals surface area contributed by atoms with E-state index < -0.39 is 10.2 Å². The van der Waals surface area contributed by atoms with E-state index in [1.165, 1.54) is 11.4 Å². The molecule has 104 valence electrons. The zero-order valence-electron chi connectivity index (χ0n) is 11.1. The van der Waals surface area contributed by atoms with Gasteiger partial charge in [0.2, 0.25) is 0 Å². The minimum atomic E-state index is -3.40. The van der Waals surface area contributed by atoms with Gasteiger partial charge in [-0.25, -0.2) is 0 Å². The van der Waals surface area contributed by atoms with Gasteiger partial charge >= 0.3 is 0 Å². The van der Waals surface area contributed by atoms with Crippen molar-refractivity contribution < 1.29 is 13.5 Å². The number of nitrogens with one attached hydrogen (secondary N) is 1. The van der Waals surface area contributed by atoms with Crippen molar-refractivity contribution in [2.24, 2.45) is 0 Å². The van der Waals surface area contributed by atoms with Crippen molar-refractivity contribution in [1.82, 2.24) is 9.03 Å². The van der Waals surface area contributed by atoms with Crippen LogP contribution in [0.25, 0.3) is 0 Å². The van der Waals surface area contributed by atoms with Gasteiger partial charge in [-0.15, -0.1) is 0 Å². The summed E-state index contributed by atoms with van der Waals surface area (Å²) in [7, 11) is -1.87. The molecule has 0 spiro atoms. The molecule has 6 heteroatoms. The molecule has 0 rings (SSSR count). The molecule has 17 heavy (non-hydrogen) atoms. The van der Waals surface area contributed by atoms with Gasteiger partial charge in [0.15, 0.2) is 0 Å². The Bertz CT molecular complexity index is 280. The van der Waals surface area contributed by atoms with Crippen LogP contribution in [-0.2, 0) is 10.2 Å². The largest absolute Gasteiger partial charge is 0.396 e. The van der Waals surface area contributed by atoms with Gasteiger partial charge in [0.25, 0.3) is 10.2 Å². The van der Waals surface area contributed by atoms with Crippen molar-refractivity contribution in [3.05, 3.63) is 0 Å². The highest BCUT2D eigenvalue weighted by atomic mass is 32.2. The normalized spacial score (nSPS) is 14.2. The fraction of sp³-hybridized carbons (Fsp3) is 1.00. The van der Waals surface area contributed by atoms with Crippen LogP contribution in [0, 0.1) is 0 Å². The predicted octanol–water partition coefficient (Wildman–Crippen LogP) is 1.10. The smallest absolute Gasteiger partial charge is 0.279 e. The molecule has 0 radical (unpaired) electrons. The Balaban J connectivity index is 4.05. The van der Waals surface area contributed by atoms with E-state index in [9.17, 15) is 8.42 Å². The Hall–Kier alpha value is -0.170. The van der Waals surface area contributed by atoms with Crippen LogP contribution in [0.4, 0.5) is 0 Å². The van der Waals surface area contributed by atoms with Crippen molar-refractivity contribution >= 4 is 10.2 Å². The van der Waals surface area contributed by atoms with Crippen LogP contribution in [0.5, 0.6) is 0 Å². The summed E-state index contributed by atoms with van der Waals surface area (Å²) in [5, 5.41) is 8.66. The van der Waals surface area contributed by atoms with Crippen molar-refractivity contribution in [2.45, 2.75) is 52.0 Å². The molecule has 0 aliphatic heterocycles. The summed E-state index contributed by atoms with van der Waals surface area (Å²) < 4.78 is 27.5. The van der Waals surface area contributed by atoms with E-state index in [1.54, 1.807) is 0 Å². The van der Waals surface area contributed by atoms with Gasteiger partial charge in [0, 0.05) is 26.2 Å². The molecule has 0 aromatic rings. The standard InChI is InChI=1S/C11H26N2O3S/c1-4-5-6-8-11(2)12-17(15,16)13(3)9-7-10-14/h11-12,14H,4-10H2,1-3H3. The fourth-order valence-electron chi connectivity index (χ4n) is 1.52. The monoisotopic (exact) mass is 266 g/mol. The first-order chi connectivity index (χ1) is 7.94. The molecule has 0 aromatic carbocycles. The van der Waals surface area contributed by atoms with Crippen molar-refractivity contribution in [3.8, 4) is 0 Å². The highest BCUT2D eigenvalue weighted by molar-refractivity contribution is 7.87. The number of aliphatic hydroxyl groups is 1. The maximum atomic E-state index is 11.8. The molecule has 1 atom stereocenters. The topological polar surface area (TPSA) is 69.6 Å². The molecule has 0 amide bonds. The van der Waals surface area contributed by atoms with E-state index in [1.807, 2.05) is 6.92 Å². The van der Waals surface area contributed by atoms with Gasteiger partial charge in [-0.3, -0.25) is 0 Å². The lowest BCUT2D eigenvalue weighted by molar-refractivity contribution is 0.275. The number of hydrogen-bond acceptors (Lipinski definition) is 3. The lowest BCUT2D eigenvalue weighted by Gasteiger charge is -2.20. The van der Waals surface area contributed by atoms with Crippen LogP contribution in [0.15, 0.2) is 0 Å². The lowest BCUT2D eigenvalue weighted by atomic mass is 10.1. The van der Waals surface area contributed by atoms with Gasteiger partial charge in [-0.1, -0.05) is 26.2 Å². The zero-order chi connectivity index (χ0) is 13.3. The fourth-order valence-corrected chi connectivity index (χ4v) is 2.69. The zero-order valence-corrected chi connectivity index (χ0v) is 12.0. The van der Waals surface area contributed by atoms with Gasteiger partial charge < -0.3 is 5.11 Å². The first-order valence-corrected chi connectivity index (χ1v) is 7.72. The molecular formula is C11H26N2O3S. The minimum Gasteiger partial charge on any atom is -0.396 e. The summed E-state index contributed by atoms with van der Waals surface area (Å²) >= 11 is 0. The summed E-state index contributed by atoms with van der Waals surface area (Å²) in [4.78, 5) is 0. The third-order valence-electron chi connectivity index (χ3n) is 2.63. The van der Waals surface area contributed by atoms with Gasteiger partial charge in [-0.2, -0.15) is 17.4 Å². The average Bonchev–Trinajstić information content (AvgIpc) is 2.25. The van der Waals surface area contributed by atoms with Gasteiger partial charge in [0.1, 0.15) is 0 Å². The second-order valence-corrected chi connectivity index (χ2v) is 6.23. The molecule has 5 nitrogen and oxygen atoms in total. The van der Waals surface area contributed by atoms with Crippen LogP contribution < -0.4 is 4.72 Å². The van der Waals surface area contributed by atoms with Gasteiger partial charge in [-0.05, 0) is 19.8 Å². The Morgan fingerprint density at radius 2 is 1.94 bits per heavy atom. The number of rotatable bonds is 10. The quantitative estimate of drug-likeness (QED) is 0.582. The Labute approximate surface area is 105 Å². The molecular weight excluding hydrogens is 240 g/mol. The molecule has 0 saturated carbocycles. The average molecular weight is 266 g/mol. The van der Waals surface area contributed by atoms with E-state index in [2.05, 4.69) is 11.6 Å². The molecule has 0 aromatic heterocycles. The van der Waals surface area contributed by atoms with Crippen LogP contribution >= 0.6 is 0 Å². The number of unbranched alkanes of at least 4 members (excludes halogenated alkanes) is 2. The molecule has 0 aliphatic carbocycles. The minimum absolute atomic E-state index is 0.00587. The Kier molecular flexibility index (Phi) is 8.77. The maximum Gasteiger partial charge on any atom is 0.279 e. The van der Waals surface area contributed by atoms with E-state index in [-0.39, 0.29) is 12.6 Å². The van der Waals surface area contributed by atoms with Crippen molar-refractivity contribution in [3.63, 3.8) is 0 Å². The third kappa shape index (κ3) is 7.70. The number of hydrogen-bond donors (Lipinski definition) is 2. The van der Waals surface area contributed by atoms with E-state index >= 15 is 0 Å². The SMILES string of the molecule is CCCCCC(C)NS(=O)(=O)N(C)CCCO.